The number of halogens is 2. The summed E-state index contributed by atoms with van der Waals surface area (Å²) in [5.74, 6) is 1.58. The Bertz CT molecular complexity index is 548. The van der Waals surface area contributed by atoms with E-state index in [1.807, 2.05) is 25.2 Å². The van der Waals surface area contributed by atoms with Gasteiger partial charge in [-0.3, -0.25) is 0 Å². The largest absolute Gasteiger partial charge is 0.488 e. The summed E-state index contributed by atoms with van der Waals surface area (Å²) < 4.78 is 6.57. The first-order valence-corrected chi connectivity index (χ1v) is 6.57. The molecule has 0 unspecified atom stereocenters. The number of nitrogens with one attached hydrogen (secondary N) is 1. The molecule has 0 aliphatic rings. The van der Waals surface area contributed by atoms with Crippen molar-refractivity contribution in [3.05, 3.63) is 51.6 Å². The third-order valence-electron chi connectivity index (χ3n) is 2.41. The number of hydrogen-bond donors (Lipinski definition) is 1. The van der Waals surface area contributed by atoms with Crippen LogP contribution in [0.5, 0.6) is 5.75 Å². The van der Waals surface area contributed by atoms with E-state index in [1.165, 1.54) is 0 Å². The van der Waals surface area contributed by atoms with Gasteiger partial charge in [0.05, 0.1) is 4.47 Å². The highest BCUT2D eigenvalue weighted by Crippen LogP contribution is 2.29. The zero-order valence-corrected chi connectivity index (χ0v) is 12.1. The Labute approximate surface area is 119 Å². The van der Waals surface area contributed by atoms with Crippen LogP contribution >= 0.6 is 27.5 Å². The number of benzene rings is 1. The Morgan fingerprint density at radius 2 is 2.22 bits per heavy atom. The molecule has 2 aromatic rings. The van der Waals surface area contributed by atoms with Crippen LogP contribution in [0.4, 0.5) is 5.82 Å². The van der Waals surface area contributed by atoms with Crippen LogP contribution in [0.3, 0.4) is 0 Å². The van der Waals surface area contributed by atoms with Gasteiger partial charge in [0.15, 0.2) is 0 Å². The van der Waals surface area contributed by atoms with Gasteiger partial charge >= 0.3 is 0 Å². The van der Waals surface area contributed by atoms with Crippen molar-refractivity contribution in [3.63, 3.8) is 0 Å². The molecule has 0 saturated heterocycles. The van der Waals surface area contributed by atoms with Crippen molar-refractivity contribution in [2.45, 2.75) is 6.61 Å². The third-order valence-corrected chi connectivity index (χ3v) is 3.26. The van der Waals surface area contributed by atoms with Crippen molar-refractivity contribution in [1.29, 1.82) is 0 Å². The molecule has 1 heterocycles. The van der Waals surface area contributed by atoms with Crippen molar-refractivity contribution in [1.82, 2.24) is 4.98 Å². The summed E-state index contributed by atoms with van der Waals surface area (Å²) in [5, 5.41) is 3.70. The van der Waals surface area contributed by atoms with Crippen LogP contribution in [0.2, 0.25) is 5.02 Å². The van der Waals surface area contributed by atoms with Gasteiger partial charge in [-0.25, -0.2) is 4.98 Å². The fourth-order valence-electron chi connectivity index (χ4n) is 1.53. The first-order chi connectivity index (χ1) is 8.70. The topological polar surface area (TPSA) is 34.2 Å². The van der Waals surface area contributed by atoms with Gasteiger partial charge in [-0.1, -0.05) is 17.7 Å². The van der Waals surface area contributed by atoms with Crippen LogP contribution in [0.15, 0.2) is 41.0 Å². The van der Waals surface area contributed by atoms with Gasteiger partial charge in [-0.2, -0.15) is 0 Å². The van der Waals surface area contributed by atoms with E-state index in [0.717, 1.165) is 21.6 Å². The highest BCUT2D eigenvalue weighted by atomic mass is 79.9. The highest BCUT2D eigenvalue weighted by Gasteiger charge is 2.05. The van der Waals surface area contributed by atoms with E-state index in [0.29, 0.717) is 11.6 Å². The predicted molar refractivity (Wildman–Crippen MR) is 77.3 cm³/mol. The van der Waals surface area contributed by atoms with Crippen LogP contribution in [-0.2, 0) is 6.61 Å². The third kappa shape index (κ3) is 3.15. The van der Waals surface area contributed by atoms with E-state index in [2.05, 4.69) is 26.2 Å². The van der Waals surface area contributed by atoms with E-state index in [9.17, 15) is 0 Å². The first kappa shape index (κ1) is 13.2. The molecule has 0 amide bonds. The zero-order valence-electron chi connectivity index (χ0n) is 9.78. The number of anilines is 1. The lowest BCUT2D eigenvalue weighted by atomic mass is 10.2. The van der Waals surface area contributed by atoms with Gasteiger partial charge in [0.1, 0.15) is 18.2 Å². The van der Waals surface area contributed by atoms with Gasteiger partial charge in [-0.05, 0) is 40.2 Å². The molecule has 0 aliphatic carbocycles. The summed E-state index contributed by atoms with van der Waals surface area (Å²) in [6.07, 6.45) is 1.74. The Balaban J connectivity index is 2.11. The molecule has 0 atom stereocenters. The van der Waals surface area contributed by atoms with E-state index >= 15 is 0 Å². The Kier molecular flexibility index (Phi) is 4.44. The molecule has 0 bridgehead atoms. The maximum atomic E-state index is 5.88. The van der Waals surface area contributed by atoms with Crippen molar-refractivity contribution in [3.8, 4) is 5.75 Å². The van der Waals surface area contributed by atoms with Crippen LogP contribution < -0.4 is 10.1 Å². The molecule has 0 fully saturated rings. The fraction of sp³-hybridized carbons (Fsp3) is 0.154. The number of aromatic nitrogens is 1. The Hall–Kier alpha value is -1.26. The predicted octanol–water partition coefficient (Wildman–Crippen LogP) is 4.12. The lowest BCUT2D eigenvalue weighted by Gasteiger charge is -2.11. The van der Waals surface area contributed by atoms with Crippen molar-refractivity contribution in [2.75, 3.05) is 12.4 Å². The van der Waals surface area contributed by atoms with E-state index in [1.54, 1.807) is 18.3 Å². The van der Waals surface area contributed by atoms with Gasteiger partial charge in [0.2, 0.25) is 0 Å². The van der Waals surface area contributed by atoms with Crippen LogP contribution in [0, 0.1) is 0 Å². The second-order valence-electron chi connectivity index (χ2n) is 3.62. The van der Waals surface area contributed by atoms with E-state index in [-0.39, 0.29) is 0 Å². The number of pyridine rings is 1. The maximum Gasteiger partial charge on any atom is 0.134 e. The van der Waals surface area contributed by atoms with Gasteiger partial charge in [0, 0.05) is 23.8 Å². The summed E-state index contributed by atoms with van der Waals surface area (Å²) in [4.78, 5) is 4.22. The second kappa shape index (κ2) is 6.07. The molecule has 3 nitrogen and oxygen atoms in total. The number of nitrogens with zero attached hydrogens (tertiary/aromatic N) is 1. The first-order valence-electron chi connectivity index (χ1n) is 5.40. The summed E-state index contributed by atoms with van der Waals surface area (Å²) in [7, 11) is 1.84. The Morgan fingerprint density at radius 3 is 2.94 bits per heavy atom. The molecule has 94 valence electrons. The average molecular weight is 328 g/mol. The molecule has 0 saturated carbocycles. The second-order valence-corrected chi connectivity index (χ2v) is 4.92. The highest BCUT2D eigenvalue weighted by molar-refractivity contribution is 9.10. The van der Waals surface area contributed by atoms with E-state index < -0.39 is 0 Å². The monoisotopic (exact) mass is 326 g/mol. The number of ether oxygens (including phenoxy) is 1. The molecule has 2 rings (SSSR count). The quantitative estimate of drug-likeness (QED) is 0.917. The van der Waals surface area contributed by atoms with Gasteiger partial charge in [0.25, 0.3) is 0 Å². The molecule has 0 aliphatic heterocycles. The lowest BCUT2D eigenvalue weighted by Crippen LogP contribution is -2.02. The summed E-state index contributed by atoms with van der Waals surface area (Å²) in [6, 6.07) is 9.30. The number of rotatable bonds is 4. The standard InChI is InChI=1S/C13H12BrClN2O/c1-16-13-9(3-2-6-17-13)8-18-12-5-4-10(15)7-11(12)14/h2-7H,8H2,1H3,(H,16,17). The maximum absolute atomic E-state index is 5.88. The number of hydrogen-bond acceptors (Lipinski definition) is 3. The molecular weight excluding hydrogens is 316 g/mol. The molecule has 1 aromatic heterocycles. The summed E-state index contributed by atoms with van der Waals surface area (Å²) in [5.41, 5.74) is 1.00. The SMILES string of the molecule is CNc1ncccc1COc1ccc(Cl)cc1Br. The Morgan fingerprint density at radius 1 is 1.39 bits per heavy atom. The fourth-order valence-corrected chi connectivity index (χ4v) is 2.33. The van der Waals surface area contributed by atoms with Crippen molar-refractivity contribution >= 4 is 33.3 Å². The van der Waals surface area contributed by atoms with Crippen LogP contribution in [0.1, 0.15) is 5.56 Å². The average Bonchev–Trinajstić information content (AvgIpc) is 2.38. The van der Waals surface area contributed by atoms with Crippen LogP contribution in [-0.4, -0.2) is 12.0 Å². The molecule has 18 heavy (non-hydrogen) atoms. The molecule has 1 aromatic carbocycles. The normalized spacial score (nSPS) is 10.2. The molecule has 1 N–H and O–H groups in total. The molecule has 5 heteroatoms. The molecule has 0 spiro atoms. The van der Waals surface area contributed by atoms with Crippen LogP contribution in [0.25, 0.3) is 0 Å². The minimum atomic E-state index is 0.449. The van der Waals surface area contributed by atoms with Crippen molar-refractivity contribution < 1.29 is 4.74 Å². The van der Waals surface area contributed by atoms with Crippen molar-refractivity contribution in [2.24, 2.45) is 0 Å². The molecular formula is C13H12BrClN2O. The summed E-state index contributed by atoms with van der Waals surface area (Å²) >= 11 is 9.29. The molecule has 0 radical (unpaired) electrons. The zero-order chi connectivity index (χ0) is 13.0. The minimum Gasteiger partial charge on any atom is -0.488 e. The lowest BCUT2D eigenvalue weighted by molar-refractivity contribution is 0.304. The van der Waals surface area contributed by atoms with Gasteiger partial charge < -0.3 is 10.1 Å². The smallest absolute Gasteiger partial charge is 0.134 e. The van der Waals surface area contributed by atoms with Gasteiger partial charge in [-0.15, -0.1) is 0 Å². The minimum absolute atomic E-state index is 0.449. The van der Waals surface area contributed by atoms with E-state index in [4.69, 9.17) is 16.3 Å². The summed E-state index contributed by atoms with van der Waals surface area (Å²) in [6.45, 7) is 0.449.